The monoisotopic (exact) mass is 776 g/mol. The lowest BCUT2D eigenvalue weighted by molar-refractivity contribution is -0.118. The van der Waals surface area contributed by atoms with Gasteiger partial charge in [-0.05, 0) is 17.9 Å². The van der Waals surface area contributed by atoms with E-state index in [1.54, 1.807) is 24.5 Å². The van der Waals surface area contributed by atoms with Crippen LogP contribution in [0.1, 0.15) is 25.9 Å². The van der Waals surface area contributed by atoms with Gasteiger partial charge in [0.05, 0.1) is 24.6 Å². The minimum atomic E-state index is -3.70. The molecular weight excluding hydrogens is 747 g/mol. The Morgan fingerprint density at radius 3 is 2.76 bits per heavy atom. The SMILES string of the molecule is [C-]#[N+]CCOP(=S)(OCCn1c(CO)nc2cc(Cl)cnc21)OC[C@H]1O[C@@H](n2cnc3c(=O)[nH]c(NC(=O)C(C)C)nc32)[C@H](O[P+](=O)O)[C@@H]1F. The van der Waals surface area contributed by atoms with Crippen molar-refractivity contribution in [1.82, 2.24) is 34.1 Å². The number of anilines is 1. The number of pyridine rings is 1. The predicted molar refractivity (Wildman–Crippen MR) is 177 cm³/mol. The first-order valence-electron chi connectivity index (χ1n) is 14.7. The molecule has 19 nitrogen and oxygen atoms in total. The first kappa shape index (κ1) is 37.9. The molecule has 5 heterocycles. The fourth-order valence-corrected chi connectivity index (χ4v) is 7.18. The summed E-state index contributed by atoms with van der Waals surface area (Å²) in [5, 5.41) is 12.6. The number of carbonyl (C=O) groups is 1. The molecule has 6 atom stereocenters. The summed E-state index contributed by atoms with van der Waals surface area (Å²) in [5.74, 6) is -0.828. The topological polar surface area (TPSA) is 231 Å². The highest BCUT2D eigenvalue weighted by molar-refractivity contribution is 8.07. The number of fused-ring (bicyclic) bond motifs is 2. The molecule has 4 aromatic heterocycles. The number of nitrogens with zero attached hydrogens (tertiary/aromatic N) is 7. The Hall–Kier alpha value is -3.38. The third-order valence-corrected chi connectivity index (χ3v) is 10.2. The highest BCUT2D eigenvalue weighted by atomic mass is 35.5. The van der Waals surface area contributed by atoms with Crippen molar-refractivity contribution in [2.24, 2.45) is 5.92 Å². The van der Waals surface area contributed by atoms with Crippen LogP contribution in [0.3, 0.4) is 0 Å². The van der Waals surface area contributed by atoms with Gasteiger partial charge in [-0.3, -0.25) is 24.5 Å². The van der Waals surface area contributed by atoms with Crippen molar-refractivity contribution in [2.45, 2.75) is 51.6 Å². The van der Waals surface area contributed by atoms with Crippen LogP contribution in [-0.2, 0) is 57.1 Å². The molecule has 1 aliphatic heterocycles. The average molecular weight is 777 g/mol. The van der Waals surface area contributed by atoms with Gasteiger partial charge in [-0.15, -0.1) is 9.42 Å². The largest absolute Gasteiger partial charge is 0.695 e. The van der Waals surface area contributed by atoms with Crippen LogP contribution < -0.4 is 10.9 Å². The van der Waals surface area contributed by atoms with Crippen LogP contribution >= 0.6 is 26.6 Å². The molecule has 1 fully saturated rings. The van der Waals surface area contributed by atoms with Crippen molar-refractivity contribution in [1.29, 1.82) is 0 Å². The van der Waals surface area contributed by atoms with Crippen molar-refractivity contribution in [3.8, 4) is 0 Å². The van der Waals surface area contributed by atoms with Crippen LogP contribution in [0.5, 0.6) is 0 Å². The van der Waals surface area contributed by atoms with Crippen LogP contribution in [0.15, 0.2) is 23.4 Å². The Balaban J connectivity index is 1.35. The van der Waals surface area contributed by atoms with Crippen LogP contribution in [-0.4, -0.2) is 94.7 Å². The number of alkyl halides is 1. The molecule has 268 valence electrons. The summed E-state index contributed by atoms with van der Waals surface area (Å²) in [6.45, 7) is 5.31. The number of aliphatic hydroxyl groups is 1. The number of imidazole rings is 2. The number of nitrogens with one attached hydrogen (secondary N) is 2. The highest BCUT2D eigenvalue weighted by Crippen LogP contribution is 2.51. The number of ether oxygens (including phenoxy) is 1. The predicted octanol–water partition coefficient (Wildman–Crippen LogP) is 2.77. The van der Waals surface area contributed by atoms with Crippen LogP contribution in [0.2, 0.25) is 5.02 Å². The van der Waals surface area contributed by atoms with E-state index in [2.05, 4.69) is 35.1 Å². The molecule has 0 aliphatic carbocycles. The molecule has 0 radical (unpaired) electrons. The number of aliphatic hydroxyl groups excluding tert-OH is 1. The summed E-state index contributed by atoms with van der Waals surface area (Å²) in [6.07, 6.45) is -4.28. The van der Waals surface area contributed by atoms with Gasteiger partial charge in [0.25, 0.3) is 5.56 Å². The van der Waals surface area contributed by atoms with Gasteiger partial charge >= 0.3 is 15.0 Å². The number of rotatable bonds is 16. The molecule has 50 heavy (non-hydrogen) atoms. The van der Waals surface area contributed by atoms with Gasteiger partial charge < -0.3 is 32.8 Å². The van der Waals surface area contributed by atoms with Crippen molar-refractivity contribution in [3.05, 3.63) is 51.2 Å². The zero-order chi connectivity index (χ0) is 36.2. The summed E-state index contributed by atoms with van der Waals surface area (Å²) >= 11 is 11.6. The van der Waals surface area contributed by atoms with E-state index < -0.39 is 70.2 Å². The summed E-state index contributed by atoms with van der Waals surface area (Å²) in [5.41, 5.74) is -0.200. The molecule has 5 rings (SSSR count). The number of aromatic amines is 1. The van der Waals surface area contributed by atoms with Gasteiger partial charge in [0.15, 0.2) is 35.3 Å². The lowest BCUT2D eigenvalue weighted by atomic mass is 10.1. The van der Waals surface area contributed by atoms with E-state index in [1.807, 2.05) is 0 Å². The van der Waals surface area contributed by atoms with E-state index >= 15 is 4.39 Å². The quantitative estimate of drug-likeness (QED) is 0.0728. The van der Waals surface area contributed by atoms with Crippen LogP contribution in [0.25, 0.3) is 27.2 Å². The lowest BCUT2D eigenvalue weighted by Crippen LogP contribution is -2.31. The van der Waals surface area contributed by atoms with Crippen molar-refractivity contribution >= 4 is 72.6 Å². The Morgan fingerprint density at radius 2 is 2.06 bits per heavy atom. The molecular formula is C26H30ClFN9O10P2S+. The number of amides is 1. The lowest BCUT2D eigenvalue weighted by Gasteiger charge is -2.23. The number of halogens is 2. The number of hydrogen-bond acceptors (Lipinski definition) is 14. The Kier molecular flexibility index (Phi) is 12.4. The average Bonchev–Trinajstić information content (AvgIpc) is 3.73. The first-order valence-corrected chi connectivity index (χ1v) is 18.8. The number of aromatic nitrogens is 7. The minimum Gasteiger partial charge on any atom is -0.388 e. The molecule has 4 aromatic rings. The fraction of sp³-hybridized carbons (Fsp3) is 0.500. The Bertz CT molecular complexity index is 2040. The van der Waals surface area contributed by atoms with Gasteiger partial charge in [-0.1, -0.05) is 25.4 Å². The zero-order valence-electron chi connectivity index (χ0n) is 26.2. The number of H-pyrrole nitrogens is 1. The molecule has 0 saturated carbocycles. The molecule has 0 bridgehead atoms. The van der Waals surface area contributed by atoms with E-state index in [1.165, 1.54) is 6.20 Å². The second kappa shape index (κ2) is 16.3. The zero-order valence-corrected chi connectivity index (χ0v) is 29.6. The van der Waals surface area contributed by atoms with E-state index in [0.29, 0.717) is 16.2 Å². The maximum absolute atomic E-state index is 15.9. The standard InChI is InChI=1S/C26H29ClFN9O10P2S/c1-13(2)23(39)34-26-33-22-19(24(40)35-26)31-12-37(22)25-20(47-48(41)42)18(28)16(46-25)11-45-49(50,43-6-4-29-3)44-7-5-36-17(10-38)32-15-8-14(27)9-30-21(15)36/h8-9,12-13,16,18,20,25,38H,4-7,10-11H2,1-2H3,(H2-,33,34,35,39,40,41,42)/p+1/t16-,18-,20-,25-,49?/m1/s1. The van der Waals surface area contributed by atoms with Crippen molar-refractivity contribution in [3.63, 3.8) is 0 Å². The Morgan fingerprint density at radius 1 is 1.30 bits per heavy atom. The van der Waals surface area contributed by atoms with Crippen molar-refractivity contribution < 1.29 is 46.6 Å². The Labute approximate surface area is 293 Å². The van der Waals surface area contributed by atoms with E-state index in [-0.39, 0.29) is 49.2 Å². The van der Waals surface area contributed by atoms with E-state index in [0.717, 1.165) is 10.9 Å². The molecule has 1 saturated heterocycles. The molecule has 2 unspecified atom stereocenters. The number of carbonyl (C=O) groups excluding carboxylic acids is 1. The summed E-state index contributed by atoms with van der Waals surface area (Å²) < 4.78 is 58.5. The third-order valence-electron chi connectivity index (χ3n) is 7.13. The molecule has 1 amide bonds. The summed E-state index contributed by atoms with van der Waals surface area (Å²) in [4.78, 5) is 56.9. The second-order valence-corrected chi connectivity index (χ2v) is 15.0. The van der Waals surface area contributed by atoms with Crippen LogP contribution in [0, 0.1) is 12.5 Å². The van der Waals surface area contributed by atoms with E-state index in [9.17, 15) is 24.2 Å². The smallest absolute Gasteiger partial charge is 0.388 e. The highest BCUT2D eigenvalue weighted by Gasteiger charge is 2.52. The third kappa shape index (κ3) is 8.55. The molecule has 24 heteroatoms. The maximum atomic E-state index is 15.9. The molecule has 0 aromatic carbocycles. The van der Waals surface area contributed by atoms with Crippen LogP contribution in [0.4, 0.5) is 10.3 Å². The summed E-state index contributed by atoms with van der Waals surface area (Å²) in [6, 6.07) is 1.58. The molecule has 1 aliphatic rings. The molecule has 0 spiro atoms. The van der Waals surface area contributed by atoms with Gasteiger partial charge in [0.2, 0.25) is 18.4 Å². The second-order valence-electron chi connectivity index (χ2n) is 10.8. The minimum absolute atomic E-state index is 0.0801. The fourth-order valence-electron chi connectivity index (χ4n) is 4.81. The normalized spacial score (nSPS) is 20.7. The summed E-state index contributed by atoms with van der Waals surface area (Å²) in [7, 11) is -3.34. The van der Waals surface area contributed by atoms with Gasteiger partial charge in [-0.2, -0.15) is 4.98 Å². The first-order chi connectivity index (χ1) is 23.8. The number of hydrogen-bond donors (Lipinski definition) is 4. The van der Waals surface area contributed by atoms with Gasteiger partial charge in [-0.25, -0.2) is 25.9 Å². The van der Waals surface area contributed by atoms with Crippen molar-refractivity contribution in [2.75, 3.05) is 31.7 Å². The van der Waals surface area contributed by atoms with E-state index in [4.69, 9.17) is 52.8 Å². The van der Waals surface area contributed by atoms with Gasteiger partial charge in [0, 0.05) is 23.2 Å². The van der Waals surface area contributed by atoms with Gasteiger partial charge in [0.1, 0.15) is 30.7 Å². The molecule has 4 N–H and O–H groups in total. The maximum Gasteiger partial charge on any atom is 0.695 e.